The Bertz CT molecular complexity index is 2750. The van der Waals surface area contributed by atoms with Crippen LogP contribution >= 0.6 is 141 Å². The first-order valence-electron chi connectivity index (χ1n) is 39.5. The van der Waals surface area contributed by atoms with Crippen LogP contribution in [0.25, 0.3) is 0 Å². The predicted octanol–water partition coefficient (Wildman–Crippen LogP) is 7.86. The topological polar surface area (TPSA) is 700 Å². The van der Waals surface area contributed by atoms with Gasteiger partial charge in [0.05, 0.1) is 109 Å². The Morgan fingerprint density at radius 3 is 0.664 bits per heavy atom. The van der Waals surface area contributed by atoms with Crippen molar-refractivity contribution in [3.63, 3.8) is 0 Å². The molecule has 0 fully saturated rings. The second-order valence-electron chi connectivity index (χ2n) is 26.6. The van der Waals surface area contributed by atoms with Crippen LogP contribution in [0, 0.1) is 13.8 Å². The molecule has 0 saturated carbocycles. The van der Waals surface area contributed by atoms with E-state index >= 15 is 0 Å². The molecule has 0 radical (unpaired) electrons. The van der Waals surface area contributed by atoms with Gasteiger partial charge in [0.15, 0.2) is 0 Å². The zero-order chi connectivity index (χ0) is 108. The minimum Gasteiger partial charge on any atom is -0.550 e. The van der Waals surface area contributed by atoms with Crippen molar-refractivity contribution in [3.05, 3.63) is 84.4 Å². The molecule has 0 aliphatic rings. The van der Waals surface area contributed by atoms with Crippen LogP contribution in [0.1, 0.15) is 192 Å². The summed E-state index contributed by atoms with van der Waals surface area (Å²) in [5.74, 6) is -20.3. The Labute approximate surface area is 906 Å². The molecule has 0 aliphatic heterocycles. The third kappa shape index (κ3) is 267. The van der Waals surface area contributed by atoms with E-state index in [9.17, 15) is 97.1 Å². The Hall–Kier alpha value is -3.82. The molecular formula is C82H150Ca2N2O36S12+4. The van der Waals surface area contributed by atoms with Crippen LogP contribution in [0.15, 0.2) is 70.6 Å². The first-order chi connectivity index (χ1) is 60.2. The number of rotatable bonds is 46. The van der Waals surface area contributed by atoms with Gasteiger partial charge in [-0.2, -0.15) is 50.5 Å². The molecule has 38 nitrogen and oxygen atoms in total. The summed E-state index contributed by atoms with van der Waals surface area (Å²) in [6.07, 6.45) is 6.36. The number of quaternary nitrogens is 2. The molecule has 0 spiro atoms. The molecule has 776 valence electrons. The first kappa shape index (κ1) is 173. The number of ether oxygens (including phenoxy) is 4. The number of thiol groups is 4. The van der Waals surface area contributed by atoms with Crippen molar-refractivity contribution in [1.82, 2.24) is 0 Å². The molecule has 0 aliphatic carbocycles. The maximum Gasteiger partial charge on any atom is 2.00 e. The summed E-state index contributed by atoms with van der Waals surface area (Å²) < 4.78 is 20.5. The smallest absolute Gasteiger partial charge is 0.550 e. The molecule has 0 bridgehead atoms. The zero-order valence-electron chi connectivity index (χ0n) is 81.2. The van der Waals surface area contributed by atoms with E-state index in [-0.39, 0.29) is 113 Å². The van der Waals surface area contributed by atoms with Crippen LogP contribution in [0.5, 0.6) is 0 Å². The van der Waals surface area contributed by atoms with Crippen molar-refractivity contribution in [3.8, 4) is 0 Å². The van der Waals surface area contributed by atoms with Crippen LogP contribution < -0.4 is 31.9 Å². The van der Waals surface area contributed by atoms with Crippen LogP contribution in [0.2, 0.25) is 0 Å². The summed E-state index contributed by atoms with van der Waals surface area (Å²) in [6, 6.07) is 0. The van der Waals surface area contributed by atoms with Crippen molar-refractivity contribution in [1.29, 1.82) is 0 Å². The van der Waals surface area contributed by atoms with Gasteiger partial charge in [-0.05, 0) is 43.7 Å². The molecule has 0 heterocycles. The Morgan fingerprint density at radius 2 is 0.522 bits per heavy atom. The SMILES string of the molecule is CC(C)S.CC(C)S.CC(C)S.CC(C)S.CC(C)S/C(=C/C(=O)O)C(=O)O.CC(C)S/C(=C/C(=O)O)C(=O)[O-].CC(C)SC(CC(=O)O)C(=O)O.CC(C)SC(CC(=O)[O-])C(=O)O.CC(C)SSC(C)C.CC(C)SSC(C)C.O=C(O)/C=C\C(=O)O.O=C(O)/C=C\C(=O)O.O=C([O-])/C=C\C(=O)O.O=C([O-])/C=C\C(=O)O.[CH2+]CCOCCOCC[NH3+].[CH2+]CCOCCOCC[NH3+].[Ca+2].[Ca+2]. The maximum absolute atomic E-state index is 10.5. The first-order valence-corrected chi connectivity index (χ1v) is 49.7. The van der Waals surface area contributed by atoms with E-state index in [2.05, 4.69) is 131 Å². The summed E-state index contributed by atoms with van der Waals surface area (Å²) >= 11 is 20.1. The van der Waals surface area contributed by atoms with Gasteiger partial charge in [0, 0.05) is 97.4 Å². The molecular weight excluding hydrogens is 2050 g/mol. The van der Waals surface area contributed by atoms with Crippen molar-refractivity contribution in [2.45, 2.75) is 265 Å². The van der Waals surface area contributed by atoms with Gasteiger partial charge in [-0.15, -0.1) is 47.0 Å². The Morgan fingerprint density at radius 1 is 0.313 bits per heavy atom. The van der Waals surface area contributed by atoms with Crippen LogP contribution in [0.4, 0.5) is 0 Å². The summed E-state index contributed by atoms with van der Waals surface area (Å²) in [5.41, 5.74) is 7.29. The summed E-state index contributed by atoms with van der Waals surface area (Å²) in [7, 11) is 7.82. The van der Waals surface area contributed by atoms with Crippen molar-refractivity contribution >= 4 is 312 Å². The van der Waals surface area contributed by atoms with Crippen molar-refractivity contribution < 1.29 is 189 Å². The molecule has 0 aromatic rings. The fourth-order valence-electron chi connectivity index (χ4n) is 4.43. The van der Waals surface area contributed by atoms with Crippen molar-refractivity contribution in [2.24, 2.45) is 0 Å². The fraction of sp³-hybridized carbons (Fsp3) is 0.634. The zero-order valence-corrected chi connectivity index (χ0v) is 95.7. The average molecular weight is 2210 g/mol. The average Bonchev–Trinajstić information content (AvgIpc) is 0.957. The van der Waals surface area contributed by atoms with Crippen LogP contribution in [-0.4, -0.2) is 372 Å². The van der Waals surface area contributed by atoms with Gasteiger partial charge >= 0.3 is 147 Å². The number of hydrogen-bond donors (Lipinski definition) is 18. The van der Waals surface area contributed by atoms with Gasteiger partial charge in [0.25, 0.3) is 0 Å². The summed E-state index contributed by atoms with van der Waals surface area (Å²) in [6.45, 7) is 63.0. The third-order valence-electron chi connectivity index (χ3n) is 8.02. The molecule has 0 rings (SSSR count). The van der Waals surface area contributed by atoms with Gasteiger partial charge < -0.3 is 131 Å². The Kier molecular flexibility index (Phi) is 166. The van der Waals surface area contributed by atoms with Crippen molar-refractivity contribution in [2.75, 3.05) is 65.9 Å². The predicted molar refractivity (Wildman–Crippen MR) is 550 cm³/mol. The number of carbonyl (C=O) groups excluding carboxylic acids is 4. The molecule has 0 saturated heterocycles. The molecule has 18 N–H and O–H groups in total. The number of carboxylic acid groups (broad SMARTS) is 16. The summed E-state index contributed by atoms with van der Waals surface area (Å²) in [4.78, 5) is 158. The second-order valence-corrected chi connectivity index (χ2v) is 44.4. The third-order valence-corrected chi connectivity index (χ3v) is 19.6. The van der Waals surface area contributed by atoms with E-state index in [4.69, 9.17) is 80.2 Å². The number of hydrogen-bond acceptors (Lipinski definition) is 36. The quantitative estimate of drug-likeness (QED) is 0.00688. The number of carbonyl (C=O) groups is 16. The second kappa shape index (κ2) is 129. The molecule has 0 aromatic heterocycles. The molecule has 0 amide bonds. The number of thioether (sulfide) groups is 4. The van der Waals surface area contributed by atoms with Gasteiger partial charge in [0.1, 0.15) is 23.3 Å². The maximum atomic E-state index is 10.5. The van der Waals surface area contributed by atoms with Crippen LogP contribution in [-0.2, 0) is 95.7 Å². The van der Waals surface area contributed by atoms with Gasteiger partial charge in [-0.3, -0.25) is 14.4 Å². The fourth-order valence-corrected chi connectivity index (χ4v) is 11.6. The minimum absolute atomic E-state index is 0. The summed E-state index contributed by atoms with van der Waals surface area (Å²) in [5, 5.41) is 140. The molecule has 2 atom stereocenters. The molecule has 0 aromatic carbocycles. The van der Waals surface area contributed by atoms with Gasteiger partial charge in [0.2, 0.25) is 0 Å². The van der Waals surface area contributed by atoms with Crippen LogP contribution in [0.3, 0.4) is 0 Å². The molecule has 134 heavy (non-hydrogen) atoms. The van der Waals surface area contributed by atoms with Gasteiger partial charge in [-0.1, -0.05) is 209 Å². The van der Waals surface area contributed by atoms with Gasteiger partial charge in [-0.25, -0.2) is 43.2 Å². The van der Waals surface area contributed by atoms with E-state index in [1.165, 1.54) is 0 Å². The van der Waals surface area contributed by atoms with E-state index < -0.39 is 112 Å². The van der Waals surface area contributed by atoms with E-state index in [1.54, 1.807) is 27.7 Å². The molecule has 2 unspecified atom stereocenters. The minimum atomic E-state index is -1.51. The van der Waals surface area contributed by atoms with E-state index in [0.717, 1.165) is 120 Å². The molecule has 52 heteroatoms. The number of carboxylic acids is 16. The largest absolute Gasteiger partial charge is 2.00 e. The Balaban J connectivity index is -0.0000000675. The van der Waals surface area contributed by atoms with E-state index in [0.29, 0.717) is 108 Å². The normalized spacial score (nSPS) is 10.6. The monoisotopic (exact) mass is 2200 g/mol. The standard InChI is InChI=1S/2C7H16NO2.2C7H12O4S.2C7H10O4S.2C6H14S2.4C4H4O4.4C3H8S.2Ca/c2*1-2-4-9-6-7-10-5-3-8;4*1-4(2)12-5(7(10)11)3-6(8)9;2*1-5(2)7-8-6(3)4;4*5-3(6)1-2-4(7)8;4*1-3(2)4;;/h2*1-8H2;2*4-5H,3H2,1-2H3,(H,8,9)(H,10,11);2*3-4H,1-2H3,(H,8,9)(H,10,11);2*5-6H,1-4H3;4*1-2H,(H,5,6)(H,7,8);4*3-4H,1-2H3;;/q2*+1;;;;;;;;;;;;;;;2*+2/p-2/b;;;;2*5-3+;;;4*2-1-;;;;;;. The number of aliphatic carboxylic acids is 16. The van der Waals surface area contributed by atoms with E-state index in [1.807, 2.05) is 126 Å².